The minimum absolute atomic E-state index is 0.701. The van der Waals surface area contributed by atoms with Crippen molar-refractivity contribution in [1.29, 1.82) is 0 Å². The van der Waals surface area contributed by atoms with E-state index in [2.05, 4.69) is 30.7 Å². The summed E-state index contributed by atoms with van der Waals surface area (Å²) in [5.41, 5.74) is 0. The van der Waals surface area contributed by atoms with Gasteiger partial charge in [0.1, 0.15) is 0 Å². The highest BCUT2D eigenvalue weighted by atomic mass is 32.2. The Hall–Kier alpha value is 0.0500. The minimum atomic E-state index is 0.701. The maximum absolute atomic E-state index is 3.78. The van der Waals surface area contributed by atoms with E-state index in [-0.39, 0.29) is 0 Å². The molecular weight excluding hydrogens is 214 g/mol. The molecular formula is C14H27NS. The summed E-state index contributed by atoms with van der Waals surface area (Å²) in [5, 5.41) is 4.39. The van der Waals surface area contributed by atoms with Crippen molar-refractivity contribution in [2.75, 3.05) is 12.8 Å². The number of nitrogens with one attached hydrogen (secondary N) is 1. The summed E-state index contributed by atoms with van der Waals surface area (Å²) in [6, 6.07) is 0.701. The molecule has 0 spiro atoms. The van der Waals surface area contributed by atoms with Gasteiger partial charge in [-0.25, -0.2) is 0 Å². The van der Waals surface area contributed by atoms with Crippen molar-refractivity contribution < 1.29 is 0 Å². The topological polar surface area (TPSA) is 12.0 Å². The molecule has 2 heteroatoms. The Morgan fingerprint density at radius 1 is 1.38 bits per heavy atom. The maximum atomic E-state index is 3.78. The Morgan fingerprint density at radius 3 is 2.75 bits per heavy atom. The lowest BCUT2D eigenvalue weighted by molar-refractivity contribution is 0.511. The summed E-state index contributed by atoms with van der Waals surface area (Å²) in [6.45, 7) is 3.78. The molecule has 0 radical (unpaired) electrons. The van der Waals surface area contributed by atoms with Gasteiger partial charge < -0.3 is 5.32 Å². The van der Waals surface area contributed by atoms with Crippen LogP contribution in [0.1, 0.15) is 51.4 Å². The molecule has 16 heavy (non-hydrogen) atoms. The van der Waals surface area contributed by atoms with Crippen molar-refractivity contribution in [1.82, 2.24) is 5.32 Å². The SMILES string of the molecule is C=CCCCC(CSC1CCCCC1)NC. The number of unbranched alkanes of at least 4 members (excludes halogenated alkanes) is 1. The van der Waals surface area contributed by atoms with E-state index >= 15 is 0 Å². The van der Waals surface area contributed by atoms with Gasteiger partial charge in [-0.2, -0.15) is 11.8 Å². The highest BCUT2D eigenvalue weighted by Gasteiger charge is 2.15. The molecule has 0 aliphatic heterocycles. The average Bonchev–Trinajstić information content (AvgIpc) is 2.35. The summed E-state index contributed by atoms with van der Waals surface area (Å²) in [4.78, 5) is 0. The predicted octanol–water partition coefficient (Wildman–Crippen LogP) is 4.00. The van der Waals surface area contributed by atoms with E-state index in [9.17, 15) is 0 Å². The second-order valence-electron chi connectivity index (χ2n) is 4.80. The van der Waals surface area contributed by atoms with Crippen molar-refractivity contribution in [2.45, 2.75) is 62.7 Å². The van der Waals surface area contributed by atoms with Crippen LogP contribution in [0.5, 0.6) is 0 Å². The number of allylic oxidation sites excluding steroid dienone is 1. The second-order valence-corrected chi connectivity index (χ2v) is 6.13. The molecule has 0 amide bonds. The van der Waals surface area contributed by atoms with Crippen molar-refractivity contribution in [2.24, 2.45) is 0 Å². The van der Waals surface area contributed by atoms with Gasteiger partial charge in [0, 0.05) is 17.0 Å². The van der Waals surface area contributed by atoms with E-state index in [0.29, 0.717) is 6.04 Å². The van der Waals surface area contributed by atoms with Gasteiger partial charge in [0.15, 0.2) is 0 Å². The molecule has 1 nitrogen and oxygen atoms in total. The molecule has 1 N–H and O–H groups in total. The van der Waals surface area contributed by atoms with Crippen LogP contribution in [-0.4, -0.2) is 24.1 Å². The molecule has 1 rings (SSSR count). The Balaban J connectivity index is 2.09. The fourth-order valence-corrected chi connectivity index (χ4v) is 3.81. The lowest BCUT2D eigenvalue weighted by Gasteiger charge is -2.23. The quantitative estimate of drug-likeness (QED) is 0.509. The van der Waals surface area contributed by atoms with E-state index in [1.54, 1.807) is 0 Å². The molecule has 94 valence electrons. The van der Waals surface area contributed by atoms with Gasteiger partial charge in [0.2, 0.25) is 0 Å². The highest BCUT2D eigenvalue weighted by Crippen LogP contribution is 2.28. The zero-order valence-electron chi connectivity index (χ0n) is 10.7. The Bertz CT molecular complexity index is 176. The summed E-state index contributed by atoms with van der Waals surface area (Å²) in [5.74, 6) is 1.29. The van der Waals surface area contributed by atoms with E-state index in [1.807, 2.05) is 6.08 Å². The van der Waals surface area contributed by atoms with Crippen LogP contribution in [0.4, 0.5) is 0 Å². The van der Waals surface area contributed by atoms with Crippen LogP contribution in [0.15, 0.2) is 12.7 Å². The molecule has 0 bridgehead atoms. The third kappa shape index (κ3) is 5.95. The molecule has 1 fully saturated rings. The van der Waals surface area contributed by atoms with Crippen LogP contribution in [-0.2, 0) is 0 Å². The van der Waals surface area contributed by atoms with Gasteiger partial charge in [-0.3, -0.25) is 0 Å². The predicted molar refractivity (Wildman–Crippen MR) is 76.2 cm³/mol. The molecule has 1 aliphatic rings. The van der Waals surface area contributed by atoms with Crippen molar-refractivity contribution in [3.63, 3.8) is 0 Å². The lowest BCUT2D eigenvalue weighted by Crippen LogP contribution is -2.28. The highest BCUT2D eigenvalue weighted by molar-refractivity contribution is 7.99. The number of rotatable bonds is 8. The lowest BCUT2D eigenvalue weighted by atomic mass is 10.0. The molecule has 1 unspecified atom stereocenters. The second kappa shape index (κ2) is 9.12. The molecule has 1 saturated carbocycles. The van der Waals surface area contributed by atoms with Crippen LogP contribution in [0.25, 0.3) is 0 Å². The molecule has 0 aromatic rings. The van der Waals surface area contributed by atoms with Crippen LogP contribution >= 0.6 is 11.8 Å². The Morgan fingerprint density at radius 2 is 2.12 bits per heavy atom. The number of hydrogen-bond donors (Lipinski definition) is 1. The standard InChI is InChI=1S/C14H27NS/c1-3-4-6-9-13(15-2)12-16-14-10-7-5-8-11-14/h3,13-15H,1,4-12H2,2H3. The summed E-state index contributed by atoms with van der Waals surface area (Å²) >= 11 is 2.20. The van der Waals surface area contributed by atoms with Crippen molar-refractivity contribution in [3.8, 4) is 0 Å². The van der Waals surface area contributed by atoms with Crippen LogP contribution in [0.3, 0.4) is 0 Å². The largest absolute Gasteiger partial charge is 0.316 e. The average molecular weight is 241 g/mol. The third-order valence-corrected chi connectivity index (χ3v) is 4.99. The molecule has 0 saturated heterocycles. The summed E-state index contributed by atoms with van der Waals surface area (Å²) in [6.07, 6.45) is 13.0. The monoisotopic (exact) mass is 241 g/mol. The Labute approximate surface area is 105 Å². The summed E-state index contributed by atoms with van der Waals surface area (Å²) < 4.78 is 0. The normalized spacial score (nSPS) is 19.6. The first kappa shape index (κ1) is 14.1. The maximum Gasteiger partial charge on any atom is 0.0155 e. The molecule has 0 aromatic heterocycles. The van der Waals surface area contributed by atoms with Crippen LogP contribution in [0.2, 0.25) is 0 Å². The summed E-state index contributed by atoms with van der Waals surface area (Å²) in [7, 11) is 2.10. The van der Waals surface area contributed by atoms with Crippen LogP contribution < -0.4 is 5.32 Å². The van der Waals surface area contributed by atoms with E-state index in [0.717, 1.165) is 11.7 Å². The van der Waals surface area contributed by atoms with Gasteiger partial charge in [-0.15, -0.1) is 6.58 Å². The number of hydrogen-bond acceptors (Lipinski definition) is 2. The van der Waals surface area contributed by atoms with Gasteiger partial charge in [0.25, 0.3) is 0 Å². The van der Waals surface area contributed by atoms with E-state index in [4.69, 9.17) is 0 Å². The van der Waals surface area contributed by atoms with Crippen molar-refractivity contribution in [3.05, 3.63) is 12.7 Å². The molecule has 1 aliphatic carbocycles. The fourth-order valence-electron chi connectivity index (χ4n) is 2.30. The van der Waals surface area contributed by atoms with E-state index in [1.165, 1.54) is 50.7 Å². The zero-order chi connectivity index (χ0) is 11.6. The first-order valence-corrected chi connectivity index (χ1v) is 7.81. The van der Waals surface area contributed by atoms with Gasteiger partial charge in [0.05, 0.1) is 0 Å². The third-order valence-electron chi connectivity index (χ3n) is 3.45. The van der Waals surface area contributed by atoms with Gasteiger partial charge in [-0.1, -0.05) is 25.3 Å². The smallest absolute Gasteiger partial charge is 0.0155 e. The van der Waals surface area contributed by atoms with Crippen LogP contribution in [0, 0.1) is 0 Å². The fraction of sp³-hybridized carbons (Fsp3) is 0.857. The van der Waals surface area contributed by atoms with Crippen molar-refractivity contribution >= 4 is 11.8 Å². The Kier molecular flexibility index (Phi) is 8.04. The first-order valence-electron chi connectivity index (χ1n) is 6.76. The van der Waals surface area contributed by atoms with Gasteiger partial charge >= 0.3 is 0 Å². The molecule has 0 heterocycles. The first-order chi connectivity index (χ1) is 7.86. The van der Waals surface area contributed by atoms with E-state index < -0.39 is 0 Å². The molecule has 1 atom stereocenters. The zero-order valence-corrected chi connectivity index (χ0v) is 11.5. The molecule has 0 aromatic carbocycles. The number of thioether (sulfide) groups is 1. The minimum Gasteiger partial charge on any atom is -0.316 e. The van der Waals surface area contributed by atoms with Gasteiger partial charge in [-0.05, 0) is 39.2 Å².